The maximum atomic E-state index is 15.1. The van der Waals surface area contributed by atoms with Crippen LogP contribution in [0.25, 0.3) is 11.3 Å². The third-order valence-corrected chi connectivity index (χ3v) is 5.63. The molecule has 0 aliphatic carbocycles. The van der Waals surface area contributed by atoms with Crippen LogP contribution in [0, 0.1) is 29.2 Å². The van der Waals surface area contributed by atoms with Gasteiger partial charge in [-0.15, -0.1) is 0 Å². The molecule has 34 heavy (non-hydrogen) atoms. The van der Waals surface area contributed by atoms with E-state index in [1.165, 1.54) is 18.2 Å². The van der Waals surface area contributed by atoms with Crippen LogP contribution in [-0.4, -0.2) is 34.5 Å². The molecule has 2 aromatic carbocycles. The highest BCUT2D eigenvalue weighted by Gasteiger charge is 2.41. The minimum atomic E-state index is -1.22. The quantitative estimate of drug-likeness (QED) is 0.547. The number of hydrogen-bond donors (Lipinski definition) is 1. The van der Waals surface area contributed by atoms with Gasteiger partial charge in [-0.1, -0.05) is 37.2 Å². The fourth-order valence-electron chi connectivity index (χ4n) is 3.98. The van der Waals surface area contributed by atoms with Gasteiger partial charge in [0.2, 0.25) is 23.2 Å². The van der Waals surface area contributed by atoms with E-state index in [0.29, 0.717) is 0 Å². The lowest BCUT2D eigenvalue weighted by Gasteiger charge is -2.40. The molecule has 10 heteroatoms. The second kappa shape index (κ2) is 9.28. The van der Waals surface area contributed by atoms with Crippen LogP contribution in [0.1, 0.15) is 42.4 Å². The van der Waals surface area contributed by atoms with Gasteiger partial charge in [-0.25, -0.2) is 13.2 Å². The zero-order valence-corrected chi connectivity index (χ0v) is 18.3. The van der Waals surface area contributed by atoms with Gasteiger partial charge in [-0.05, 0) is 36.6 Å². The Bertz CT molecular complexity index is 1240. The molecule has 3 aromatic rings. The van der Waals surface area contributed by atoms with Crippen molar-refractivity contribution >= 4 is 11.8 Å². The van der Waals surface area contributed by atoms with Gasteiger partial charge in [-0.2, -0.15) is 4.39 Å². The predicted molar refractivity (Wildman–Crippen MR) is 113 cm³/mol. The molecule has 1 N–H and O–H groups in total. The molecule has 2 atom stereocenters. The molecular weight excluding hydrogens is 454 g/mol. The maximum Gasteiger partial charge on any atom is 0.279 e. The normalized spacial score (nSPS) is 18.3. The number of amides is 2. The summed E-state index contributed by atoms with van der Waals surface area (Å²) in [7, 11) is 0. The van der Waals surface area contributed by atoms with E-state index in [1.807, 2.05) is 13.8 Å². The lowest BCUT2D eigenvalue weighted by molar-refractivity contribution is -0.130. The first-order valence-corrected chi connectivity index (χ1v) is 10.6. The highest BCUT2D eigenvalue weighted by molar-refractivity contribution is 5.98. The summed E-state index contributed by atoms with van der Waals surface area (Å²) >= 11 is 0. The molecule has 1 saturated heterocycles. The summed E-state index contributed by atoms with van der Waals surface area (Å²) in [4.78, 5) is 27.4. The van der Waals surface area contributed by atoms with Crippen LogP contribution in [0.5, 0.6) is 0 Å². The molecule has 0 spiro atoms. The van der Waals surface area contributed by atoms with Crippen molar-refractivity contribution in [3.05, 3.63) is 77.0 Å². The van der Waals surface area contributed by atoms with E-state index >= 15 is 4.39 Å². The third kappa shape index (κ3) is 4.40. The third-order valence-electron chi connectivity index (χ3n) is 5.63. The molecule has 1 aromatic heterocycles. The standard InChI is InChI=1S/C24H21F4N3O3/c1-12(2)9-19-23(32)29-18(14-5-3-4-6-15(14)25)11-31(19)24(33)21-20(28)22(34-30-21)13-7-8-16(26)17(27)10-13/h3-8,10,12,18-19H,9,11H2,1-2H3,(H,29,32). The molecule has 1 aliphatic rings. The van der Waals surface area contributed by atoms with E-state index < -0.39 is 58.6 Å². The Morgan fingerprint density at radius 3 is 2.53 bits per heavy atom. The van der Waals surface area contributed by atoms with E-state index in [9.17, 15) is 22.8 Å². The molecule has 0 radical (unpaired) electrons. The van der Waals surface area contributed by atoms with E-state index in [2.05, 4.69) is 10.5 Å². The first kappa shape index (κ1) is 23.5. The molecule has 2 heterocycles. The van der Waals surface area contributed by atoms with Gasteiger partial charge in [0.25, 0.3) is 5.91 Å². The number of piperazine rings is 1. The second-order valence-corrected chi connectivity index (χ2v) is 8.49. The lowest BCUT2D eigenvalue weighted by Crippen LogP contribution is -2.59. The first-order chi connectivity index (χ1) is 16.2. The molecule has 2 unspecified atom stereocenters. The molecule has 4 rings (SSSR count). The van der Waals surface area contributed by atoms with Crippen LogP contribution in [0.15, 0.2) is 47.0 Å². The Hall–Kier alpha value is -3.69. The fourth-order valence-corrected chi connectivity index (χ4v) is 3.98. The fraction of sp³-hybridized carbons (Fsp3) is 0.292. The number of nitrogens with zero attached hydrogens (tertiary/aromatic N) is 2. The Kier molecular flexibility index (Phi) is 6.41. The maximum absolute atomic E-state index is 15.1. The number of hydrogen-bond acceptors (Lipinski definition) is 4. The van der Waals surface area contributed by atoms with Gasteiger partial charge in [0.15, 0.2) is 11.6 Å². The first-order valence-electron chi connectivity index (χ1n) is 10.6. The van der Waals surface area contributed by atoms with Gasteiger partial charge in [0.1, 0.15) is 11.9 Å². The van der Waals surface area contributed by atoms with Crippen LogP contribution in [0.2, 0.25) is 0 Å². The molecule has 6 nitrogen and oxygen atoms in total. The summed E-state index contributed by atoms with van der Waals surface area (Å²) in [5.41, 5.74) is -0.683. The predicted octanol–water partition coefficient (Wildman–Crippen LogP) is 4.63. The number of carbonyl (C=O) groups is 2. The average Bonchev–Trinajstić information content (AvgIpc) is 3.17. The molecule has 0 saturated carbocycles. The Morgan fingerprint density at radius 2 is 1.85 bits per heavy atom. The van der Waals surface area contributed by atoms with Gasteiger partial charge in [0, 0.05) is 17.7 Å². The van der Waals surface area contributed by atoms with Crippen LogP contribution in [-0.2, 0) is 4.79 Å². The van der Waals surface area contributed by atoms with Gasteiger partial charge < -0.3 is 14.7 Å². The average molecular weight is 475 g/mol. The summed E-state index contributed by atoms with van der Waals surface area (Å²) < 4.78 is 61.3. The Morgan fingerprint density at radius 1 is 1.12 bits per heavy atom. The van der Waals surface area contributed by atoms with E-state index in [4.69, 9.17) is 4.52 Å². The van der Waals surface area contributed by atoms with Crippen LogP contribution >= 0.6 is 0 Å². The number of nitrogens with one attached hydrogen (secondary N) is 1. The summed E-state index contributed by atoms with van der Waals surface area (Å²) in [6.45, 7) is 3.59. The number of benzene rings is 2. The zero-order chi connectivity index (χ0) is 24.6. The van der Waals surface area contributed by atoms with Gasteiger partial charge in [0.05, 0.1) is 6.04 Å². The molecule has 178 valence electrons. The van der Waals surface area contributed by atoms with Crippen molar-refractivity contribution < 1.29 is 31.7 Å². The number of aromatic nitrogens is 1. The molecule has 2 amide bonds. The summed E-state index contributed by atoms with van der Waals surface area (Å²) in [6.07, 6.45) is 0.275. The number of halogens is 4. The highest BCUT2D eigenvalue weighted by atomic mass is 19.2. The van der Waals surface area contributed by atoms with Gasteiger partial charge in [-0.3, -0.25) is 9.59 Å². The van der Waals surface area contributed by atoms with Crippen LogP contribution < -0.4 is 5.32 Å². The smallest absolute Gasteiger partial charge is 0.279 e. The van der Waals surface area contributed by atoms with Crippen molar-refractivity contribution in [1.82, 2.24) is 15.4 Å². The van der Waals surface area contributed by atoms with Crippen molar-refractivity contribution in [2.75, 3.05) is 6.54 Å². The monoisotopic (exact) mass is 475 g/mol. The number of rotatable bonds is 5. The molecule has 1 aliphatic heterocycles. The topological polar surface area (TPSA) is 75.4 Å². The van der Waals surface area contributed by atoms with E-state index in [0.717, 1.165) is 23.1 Å². The zero-order valence-electron chi connectivity index (χ0n) is 18.3. The largest absolute Gasteiger partial charge is 0.352 e. The number of carbonyl (C=O) groups excluding carboxylic acids is 2. The molecular formula is C24H21F4N3O3. The molecule has 0 bridgehead atoms. The van der Waals surface area contributed by atoms with Crippen molar-refractivity contribution in [3.8, 4) is 11.3 Å². The van der Waals surface area contributed by atoms with Crippen molar-refractivity contribution in [1.29, 1.82) is 0 Å². The lowest BCUT2D eigenvalue weighted by atomic mass is 9.95. The summed E-state index contributed by atoms with van der Waals surface area (Å²) in [5, 5.41) is 6.24. The second-order valence-electron chi connectivity index (χ2n) is 8.49. The SMILES string of the molecule is CC(C)CC1C(=O)NC(c2ccccc2F)CN1C(=O)c1noc(-c2ccc(F)c(F)c2)c1F. The summed E-state index contributed by atoms with van der Waals surface area (Å²) in [6, 6.07) is 6.61. The molecule has 1 fully saturated rings. The minimum absolute atomic E-state index is 0.0102. The highest BCUT2D eigenvalue weighted by Crippen LogP contribution is 2.30. The van der Waals surface area contributed by atoms with Gasteiger partial charge >= 0.3 is 0 Å². The Labute approximate surface area is 192 Å². The van der Waals surface area contributed by atoms with Crippen molar-refractivity contribution in [2.45, 2.75) is 32.4 Å². The summed E-state index contributed by atoms with van der Waals surface area (Å²) in [5.74, 6) is -6.06. The van der Waals surface area contributed by atoms with Crippen LogP contribution in [0.3, 0.4) is 0 Å². The van der Waals surface area contributed by atoms with Crippen LogP contribution in [0.4, 0.5) is 17.6 Å². The Balaban J connectivity index is 1.70. The minimum Gasteiger partial charge on any atom is -0.352 e. The van der Waals surface area contributed by atoms with E-state index in [-0.39, 0.29) is 30.0 Å². The van der Waals surface area contributed by atoms with E-state index in [1.54, 1.807) is 6.07 Å². The van der Waals surface area contributed by atoms with Crippen molar-refractivity contribution in [2.24, 2.45) is 5.92 Å². The van der Waals surface area contributed by atoms with Crippen molar-refractivity contribution in [3.63, 3.8) is 0 Å².